The van der Waals surface area contributed by atoms with Gasteiger partial charge in [0, 0.05) is 39.0 Å². The van der Waals surface area contributed by atoms with Gasteiger partial charge in [-0.15, -0.1) is 0 Å². The standard InChI is InChI=1S/C34H43N3O4S/c1-2-3-10-23-35-34(39)32(26-29-13-6-4-7-14-29)37(27-30-15-8-5-9-16-30)33(38)22-19-28-17-20-31(21-18-28)42(40,41)36-24-11-12-25-36/h4-9,13-18,20-21,32H,2-3,10-12,19,22-27H2,1H3,(H,35,39). The molecule has 0 saturated carbocycles. The molecule has 0 aromatic heterocycles. The zero-order valence-electron chi connectivity index (χ0n) is 24.6. The fraction of sp³-hybridized carbons (Fsp3) is 0.412. The molecular weight excluding hydrogens is 546 g/mol. The first-order chi connectivity index (χ1) is 20.4. The van der Waals surface area contributed by atoms with Crippen molar-refractivity contribution in [3.05, 3.63) is 102 Å². The summed E-state index contributed by atoms with van der Waals surface area (Å²) >= 11 is 0. The highest BCUT2D eigenvalue weighted by molar-refractivity contribution is 7.89. The van der Waals surface area contributed by atoms with Crippen molar-refractivity contribution in [1.29, 1.82) is 0 Å². The van der Waals surface area contributed by atoms with Gasteiger partial charge in [-0.3, -0.25) is 9.59 Å². The van der Waals surface area contributed by atoms with Gasteiger partial charge in [-0.1, -0.05) is 92.6 Å². The molecule has 0 bridgehead atoms. The molecule has 8 heteroatoms. The number of aryl methyl sites for hydroxylation is 1. The van der Waals surface area contributed by atoms with Crippen molar-refractivity contribution in [2.75, 3.05) is 19.6 Å². The summed E-state index contributed by atoms with van der Waals surface area (Å²) in [6.45, 7) is 4.16. The Labute approximate surface area is 251 Å². The van der Waals surface area contributed by atoms with Crippen LogP contribution >= 0.6 is 0 Å². The zero-order chi connectivity index (χ0) is 29.8. The van der Waals surface area contributed by atoms with E-state index in [-0.39, 0.29) is 23.1 Å². The van der Waals surface area contributed by atoms with Gasteiger partial charge >= 0.3 is 0 Å². The van der Waals surface area contributed by atoms with Crippen LogP contribution in [0.1, 0.15) is 62.1 Å². The molecule has 42 heavy (non-hydrogen) atoms. The first kappa shape index (κ1) is 31.4. The number of carbonyl (C=O) groups is 2. The third kappa shape index (κ3) is 8.76. The van der Waals surface area contributed by atoms with Crippen LogP contribution in [-0.4, -0.2) is 55.1 Å². The summed E-state index contributed by atoms with van der Waals surface area (Å²) in [6, 6.07) is 25.8. The lowest BCUT2D eigenvalue weighted by Gasteiger charge is -2.31. The minimum atomic E-state index is -3.48. The number of amides is 2. The van der Waals surface area contributed by atoms with Crippen molar-refractivity contribution in [3.8, 4) is 0 Å². The second-order valence-corrected chi connectivity index (χ2v) is 12.9. The largest absolute Gasteiger partial charge is 0.354 e. The molecule has 0 radical (unpaired) electrons. The van der Waals surface area contributed by atoms with Crippen LogP contribution < -0.4 is 5.32 Å². The third-order valence-electron chi connectivity index (χ3n) is 7.80. The minimum absolute atomic E-state index is 0.114. The van der Waals surface area contributed by atoms with E-state index < -0.39 is 16.1 Å². The molecule has 1 unspecified atom stereocenters. The highest BCUT2D eigenvalue weighted by atomic mass is 32.2. The summed E-state index contributed by atoms with van der Waals surface area (Å²) in [5.74, 6) is -0.257. The quantitative estimate of drug-likeness (QED) is 0.242. The maximum atomic E-state index is 13.9. The van der Waals surface area contributed by atoms with E-state index in [4.69, 9.17) is 0 Å². The molecule has 0 aliphatic carbocycles. The first-order valence-electron chi connectivity index (χ1n) is 15.1. The van der Waals surface area contributed by atoms with Crippen molar-refractivity contribution >= 4 is 21.8 Å². The average Bonchev–Trinajstić information content (AvgIpc) is 3.57. The predicted octanol–water partition coefficient (Wildman–Crippen LogP) is 5.35. The van der Waals surface area contributed by atoms with Gasteiger partial charge < -0.3 is 10.2 Å². The maximum Gasteiger partial charge on any atom is 0.243 e. The van der Waals surface area contributed by atoms with Gasteiger partial charge in [0.15, 0.2) is 0 Å². The SMILES string of the molecule is CCCCCNC(=O)C(Cc1ccccc1)N(Cc1ccccc1)C(=O)CCc1ccc(S(=O)(=O)N2CCCC2)cc1. The number of unbranched alkanes of at least 4 members (excludes halogenated alkanes) is 2. The van der Waals surface area contributed by atoms with Gasteiger partial charge in [-0.25, -0.2) is 8.42 Å². The molecule has 1 fully saturated rings. The van der Waals surface area contributed by atoms with Crippen molar-refractivity contribution in [3.63, 3.8) is 0 Å². The molecule has 0 spiro atoms. The zero-order valence-corrected chi connectivity index (χ0v) is 25.4. The van der Waals surface area contributed by atoms with Gasteiger partial charge in [0.05, 0.1) is 4.90 Å². The van der Waals surface area contributed by atoms with E-state index in [2.05, 4.69) is 12.2 Å². The van der Waals surface area contributed by atoms with Crippen LogP contribution in [0.4, 0.5) is 0 Å². The summed E-state index contributed by atoms with van der Waals surface area (Å²) < 4.78 is 27.3. The van der Waals surface area contributed by atoms with Crippen LogP contribution in [0.25, 0.3) is 0 Å². The van der Waals surface area contributed by atoms with Gasteiger partial charge in [-0.2, -0.15) is 4.31 Å². The van der Waals surface area contributed by atoms with Gasteiger partial charge in [0.25, 0.3) is 0 Å². The normalized spacial score (nSPS) is 14.4. The minimum Gasteiger partial charge on any atom is -0.354 e. The average molecular weight is 590 g/mol. The van der Waals surface area contributed by atoms with E-state index in [9.17, 15) is 18.0 Å². The van der Waals surface area contributed by atoms with Crippen LogP contribution in [0.2, 0.25) is 0 Å². The van der Waals surface area contributed by atoms with E-state index in [1.54, 1.807) is 29.2 Å². The Morgan fingerprint density at radius 3 is 2.07 bits per heavy atom. The number of nitrogens with zero attached hydrogens (tertiary/aromatic N) is 2. The lowest BCUT2D eigenvalue weighted by Crippen LogP contribution is -2.50. The lowest BCUT2D eigenvalue weighted by atomic mass is 10.0. The molecule has 1 N–H and O–H groups in total. The van der Waals surface area contributed by atoms with Crippen LogP contribution in [0.15, 0.2) is 89.8 Å². The summed E-state index contributed by atoms with van der Waals surface area (Å²) in [5.41, 5.74) is 2.83. The molecular formula is C34H43N3O4S. The monoisotopic (exact) mass is 589 g/mol. The Hall–Kier alpha value is -3.49. The predicted molar refractivity (Wildman–Crippen MR) is 166 cm³/mol. The van der Waals surface area contributed by atoms with Crippen molar-refractivity contribution in [2.45, 2.75) is 75.8 Å². The number of hydrogen-bond donors (Lipinski definition) is 1. The highest BCUT2D eigenvalue weighted by Gasteiger charge is 2.30. The molecule has 1 aliphatic heterocycles. The van der Waals surface area contributed by atoms with Crippen molar-refractivity contribution < 1.29 is 18.0 Å². The Balaban J connectivity index is 1.51. The smallest absolute Gasteiger partial charge is 0.243 e. The number of sulfonamides is 1. The second-order valence-electron chi connectivity index (χ2n) is 11.0. The Morgan fingerprint density at radius 2 is 1.45 bits per heavy atom. The van der Waals surface area contributed by atoms with Crippen LogP contribution in [0.3, 0.4) is 0 Å². The van der Waals surface area contributed by atoms with E-state index in [0.717, 1.165) is 48.8 Å². The van der Waals surface area contributed by atoms with E-state index in [0.29, 0.717) is 39.0 Å². The topological polar surface area (TPSA) is 86.8 Å². The summed E-state index contributed by atoms with van der Waals surface area (Å²) in [4.78, 5) is 29.5. The van der Waals surface area contributed by atoms with E-state index in [1.807, 2.05) is 60.7 Å². The van der Waals surface area contributed by atoms with Crippen LogP contribution in [0, 0.1) is 0 Å². The molecule has 1 heterocycles. The third-order valence-corrected chi connectivity index (χ3v) is 9.71. The molecule has 3 aromatic carbocycles. The fourth-order valence-electron chi connectivity index (χ4n) is 5.34. The molecule has 7 nitrogen and oxygen atoms in total. The van der Waals surface area contributed by atoms with Crippen molar-refractivity contribution in [1.82, 2.24) is 14.5 Å². The lowest BCUT2D eigenvalue weighted by molar-refractivity contribution is -0.141. The number of hydrogen-bond acceptors (Lipinski definition) is 4. The van der Waals surface area contributed by atoms with Gasteiger partial charge in [0.1, 0.15) is 6.04 Å². The molecule has 1 atom stereocenters. The fourth-order valence-corrected chi connectivity index (χ4v) is 6.86. The van der Waals surface area contributed by atoms with Gasteiger partial charge in [-0.05, 0) is 54.5 Å². The molecule has 3 aromatic rings. The summed E-state index contributed by atoms with van der Waals surface area (Å²) in [5, 5.41) is 3.08. The maximum absolute atomic E-state index is 13.9. The Bertz CT molecular complexity index is 1370. The Morgan fingerprint density at radius 1 is 0.833 bits per heavy atom. The van der Waals surface area contributed by atoms with Crippen molar-refractivity contribution in [2.24, 2.45) is 0 Å². The van der Waals surface area contributed by atoms with E-state index in [1.165, 1.54) is 4.31 Å². The molecule has 1 aliphatic rings. The summed E-state index contributed by atoms with van der Waals surface area (Å²) in [7, 11) is -3.48. The first-order valence-corrected chi connectivity index (χ1v) is 16.6. The number of nitrogens with one attached hydrogen (secondary N) is 1. The second kappa shape index (κ2) is 15.7. The molecule has 4 rings (SSSR count). The van der Waals surface area contributed by atoms with Crippen LogP contribution in [0.5, 0.6) is 0 Å². The molecule has 224 valence electrons. The highest BCUT2D eigenvalue weighted by Crippen LogP contribution is 2.22. The Kier molecular flexibility index (Phi) is 11.7. The molecule has 2 amide bonds. The number of carbonyl (C=O) groups excluding carboxylic acids is 2. The number of rotatable bonds is 15. The molecule has 1 saturated heterocycles. The van der Waals surface area contributed by atoms with Gasteiger partial charge in [0.2, 0.25) is 21.8 Å². The van der Waals surface area contributed by atoms with Crippen LogP contribution in [-0.2, 0) is 39.0 Å². The number of benzene rings is 3. The van der Waals surface area contributed by atoms with E-state index >= 15 is 0 Å². The summed E-state index contributed by atoms with van der Waals surface area (Å²) in [6.07, 6.45) is 5.85.